The molecule has 1 amide bonds. The second-order valence-electron chi connectivity index (χ2n) is 4.19. The molecule has 0 saturated heterocycles. The summed E-state index contributed by atoms with van der Waals surface area (Å²) in [6.45, 7) is 0.281. The second kappa shape index (κ2) is 5.26. The van der Waals surface area contributed by atoms with Gasteiger partial charge in [-0.15, -0.1) is 0 Å². The van der Waals surface area contributed by atoms with Crippen LogP contribution in [-0.2, 0) is 9.84 Å². The Labute approximate surface area is 106 Å². The zero-order valence-corrected chi connectivity index (χ0v) is 11.2. The van der Waals surface area contributed by atoms with Crippen LogP contribution in [0.2, 0.25) is 0 Å². The summed E-state index contributed by atoms with van der Waals surface area (Å²) < 4.78 is 22.2. The highest BCUT2D eigenvalue weighted by atomic mass is 32.2. The number of carbonyl (C=O) groups excluding carboxylic acids is 1. The van der Waals surface area contributed by atoms with Crippen molar-refractivity contribution in [1.82, 2.24) is 0 Å². The molecular formula is C11H17N3O3S. The molecule has 1 aromatic rings. The summed E-state index contributed by atoms with van der Waals surface area (Å²) in [5.41, 5.74) is 12.1. The van der Waals surface area contributed by atoms with Gasteiger partial charge >= 0.3 is 0 Å². The lowest BCUT2D eigenvalue weighted by Crippen LogP contribution is -2.27. The molecule has 18 heavy (non-hydrogen) atoms. The van der Waals surface area contributed by atoms with E-state index in [1.54, 1.807) is 24.1 Å². The average molecular weight is 271 g/mol. The number of rotatable bonds is 5. The summed E-state index contributed by atoms with van der Waals surface area (Å²) in [6, 6.07) is 4.77. The first-order valence-corrected chi connectivity index (χ1v) is 7.35. The van der Waals surface area contributed by atoms with Gasteiger partial charge in [0.25, 0.3) is 5.91 Å². The molecule has 7 heteroatoms. The van der Waals surface area contributed by atoms with Gasteiger partial charge in [-0.3, -0.25) is 4.79 Å². The van der Waals surface area contributed by atoms with Crippen molar-refractivity contribution in [1.29, 1.82) is 0 Å². The van der Waals surface area contributed by atoms with Gasteiger partial charge in [-0.2, -0.15) is 0 Å². The van der Waals surface area contributed by atoms with Crippen LogP contribution in [0.25, 0.3) is 0 Å². The number of nitrogens with zero attached hydrogens (tertiary/aromatic N) is 1. The molecule has 0 spiro atoms. The maximum absolute atomic E-state index is 11.3. The Balaban J connectivity index is 2.98. The van der Waals surface area contributed by atoms with Crippen molar-refractivity contribution in [2.24, 2.45) is 5.73 Å². The molecule has 6 nitrogen and oxygen atoms in total. The molecule has 0 unspecified atom stereocenters. The standard InChI is InChI=1S/C11H17N3O3S/c1-14(5-6-18(2,16)17)10-4-3-8(12)7-9(10)11(13)15/h3-4,7H,5-6,12H2,1-2H3,(H2,13,15). The van der Waals surface area contributed by atoms with Gasteiger partial charge in [-0.1, -0.05) is 0 Å². The highest BCUT2D eigenvalue weighted by Gasteiger charge is 2.13. The Morgan fingerprint density at radius 3 is 2.50 bits per heavy atom. The summed E-state index contributed by atoms with van der Waals surface area (Å²) in [6.07, 6.45) is 1.17. The van der Waals surface area contributed by atoms with Crippen LogP contribution >= 0.6 is 0 Å². The van der Waals surface area contributed by atoms with E-state index in [1.807, 2.05) is 0 Å². The van der Waals surface area contributed by atoms with Crippen molar-refractivity contribution in [3.8, 4) is 0 Å². The van der Waals surface area contributed by atoms with E-state index < -0.39 is 15.7 Å². The normalized spacial score (nSPS) is 11.2. The molecule has 1 rings (SSSR count). The Kier molecular flexibility index (Phi) is 4.18. The van der Waals surface area contributed by atoms with Crippen LogP contribution in [0.1, 0.15) is 10.4 Å². The van der Waals surface area contributed by atoms with Crippen LogP contribution in [0.4, 0.5) is 11.4 Å². The number of primary amides is 1. The SMILES string of the molecule is CN(CCS(C)(=O)=O)c1ccc(N)cc1C(N)=O. The van der Waals surface area contributed by atoms with Crippen molar-refractivity contribution in [2.75, 3.05) is 36.2 Å². The predicted octanol–water partition coefficient (Wildman–Crippen LogP) is -0.151. The molecule has 0 radical (unpaired) electrons. The molecule has 0 aliphatic heterocycles. The first kappa shape index (κ1) is 14.3. The van der Waals surface area contributed by atoms with Gasteiger partial charge in [0.1, 0.15) is 9.84 Å². The summed E-state index contributed by atoms with van der Waals surface area (Å²) in [5.74, 6) is -0.588. The molecule has 0 aromatic heterocycles. The van der Waals surface area contributed by atoms with E-state index >= 15 is 0 Å². The van der Waals surface area contributed by atoms with Gasteiger partial charge in [-0.05, 0) is 18.2 Å². The fourth-order valence-electron chi connectivity index (χ4n) is 1.51. The zero-order chi connectivity index (χ0) is 13.9. The number of benzene rings is 1. The molecule has 0 fully saturated rings. The summed E-state index contributed by atoms with van der Waals surface area (Å²) in [7, 11) is -1.35. The molecular weight excluding hydrogens is 254 g/mol. The first-order chi connectivity index (χ1) is 8.20. The van der Waals surface area contributed by atoms with E-state index in [-0.39, 0.29) is 17.9 Å². The minimum Gasteiger partial charge on any atom is -0.399 e. The topological polar surface area (TPSA) is 106 Å². The third kappa shape index (κ3) is 3.92. The number of amides is 1. The van der Waals surface area contributed by atoms with E-state index in [4.69, 9.17) is 11.5 Å². The molecule has 0 atom stereocenters. The summed E-state index contributed by atoms with van der Waals surface area (Å²) in [4.78, 5) is 13.0. The largest absolute Gasteiger partial charge is 0.399 e. The Morgan fingerprint density at radius 2 is 2.00 bits per heavy atom. The Bertz CT molecular complexity index is 555. The molecule has 0 saturated carbocycles. The highest BCUT2D eigenvalue weighted by Crippen LogP contribution is 2.21. The molecule has 0 heterocycles. The number of hydrogen-bond acceptors (Lipinski definition) is 5. The van der Waals surface area contributed by atoms with Gasteiger partial charge < -0.3 is 16.4 Å². The van der Waals surface area contributed by atoms with Gasteiger partial charge in [0.15, 0.2) is 0 Å². The van der Waals surface area contributed by atoms with Gasteiger partial charge in [0.2, 0.25) is 0 Å². The quantitative estimate of drug-likeness (QED) is 0.724. The fraction of sp³-hybridized carbons (Fsp3) is 0.364. The number of nitrogen functional groups attached to an aromatic ring is 1. The van der Waals surface area contributed by atoms with Crippen molar-refractivity contribution >= 4 is 27.1 Å². The zero-order valence-electron chi connectivity index (χ0n) is 10.4. The van der Waals surface area contributed by atoms with Gasteiger partial charge in [0.05, 0.1) is 11.3 Å². The fourth-order valence-corrected chi connectivity index (χ4v) is 2.11. The predicted molar refractivity (Wildman–Crippen MR) is 72.4 cm³/mol. The lowest BCUT2D eigenvalue weighted by Gasteiger charge is -2.21. The van der Waals surface area contributed by atoms with Crippen LogP contribution in [0, 0.1) is 0 Å². The Hall–Kier alpha value is -1.76. The average Bonchev–Trinajstić information content (AvgIpc) is 2.24. The lowest BCUT2D eigenvalue weighted by molar-refractivity contribution is 0.100. The molecule has 1 aromatic carbocycles. The number of hydrogen-bond donors (Lipinski definition) is 2. The number of sulfone groups is 1. The van der Waals surface area contributed by atoms with E-state index in [1.165, 1.54) is 12.3 Å². The third-order valence-corrected chi connectivity index (χ3v) is 3.42. The van der Waals surface area contributed by atoms with Crippen LogP contribution < -0.4 is 16.4 Å². The van der Waals surface area contributed by atoms with Crippen molar-refractivity contribution < 1.29 is 13.2 Å². The molecule has 0 bridgehead atoms. The van der Waals surface area contributed by atoms with Crippen molar-refractivity contribution in [3.05, 3.63) is 23.8 Å². The van der Waals surface area contributed by atoms with Crippen LogP contribution in [0.3, 0.4) is 0 Å². The highest BCUT2D eigenvalue weighted by molar-refractivity contribution is 7.90. The minimum absolute atomic E-state index is 0.00603. The Morgan fingerprint density at radius 1 is 1.39 bits per heavy atom. The van der Waals surface area contributed by atoms with E-state index in [9.17, 15) is 13.2 Å². The van der Waals surface area contributed by atoms with E-state index in [0.29, 0.717) is 11.4 Å². The summed E-state index contributed by atoms with van der Waals surface area (Å²) in [5, 5.41) is 0. The molecule has 100 valence electrons. The number of anilines is 2. The molecule has 4 N–H and O–H groups in total. The van der Waals surface area contributed by atoms with E-state index in [0.717, 1.165) is 0 Å². The van der Waals surface area contributed by atoms with Crippen LogP contribution in [0.15, 0.2) is 18.2 Å². The maximum Gasteiger partial charge on any atom is 0.250 e. The van der Waals surface area contributed by atoms with Gasteiger partial charge in [-0.25, -0.2) is 8.42 Å². The lowest BCUT2D eigenvalue weighted by atomic mass is 10.1. The summed E-state index contributed by atoms with van der Waals surface area (Å²) >= 11 is 0. The van der Waals surface area contributed by atoms with Gasteiger partial charge in [0, 0.05) is 31.2 Å². The molecule has 0 aliphatic carbocycles. The van der Waals surface area contributed by atoms with Crippen LogP contribution in [0.5, 0.6) is 0 Å². The molecule has 0 aliphatic rings. The smallest absolute Gasteiger partial charge is 0.250 e. The number of nitrogens with two attached hydrogens (primary N) is 2. The maximum atomic E-state index is 11.3. The monoisotopic (exact) mass is 271 g/mol. The first-order valence-electron chi connectivity index (χ1n) is 5.29. The van der Waals surface area contributed by atoms with Crippen LogP contribution in [-0.4, -0.2) is 39.9 Å². The third-order valence-electron chi connectivity index (χ3n) is 2.49. The van der Waals surface area contributed by atoms with Crippen molar-refractivity contribution in [3.63, 3.8) is 0 Å². The van der Waals surface area contributed by atoms with Crippen molar-refractivity contribution in [2.45, 2.75) is 0 Å². The minimum atomic E-state index is -3.05. The number of carbonyl (C=O) groups is 1. The van der Waals surface area contributed by atoms with E-state index in [2.05, 4.69) is 0 Å². The second-order valence-corrected chi connectivity index (χ2v) is 6.45.